The minimum atomic E-state index is -2.97. The van der Waals surface area contributed by atoms with Crippen LogP contribution < -0.4 is 31.1 Å². The van der Waals surface area contributed by atoms with Crippen LogP contribution in [0.5, 0.6) is 0 Å². The normalized spacial score (nSPS) is 12.0. The van der Waals surface area contributed by atoms with Gasteiger partial charge in [0.1, 0.15) is 0 Å². The summed E-state index contributed by atoms with van der Waals surface area (Å²) in [7, 11) is -8.78. The molecule has 0 N–H and O–H groups in total. The molecule has 6 aromatic rings. The standard InChI is InChI=1S/C40H52N6O2Si2.C20H27N3O2Si/c1-39(2,49(35-22-10-5-11-23-35,36-24-12-6-13-25-36)47-32-20-9-18-30-43-45-41)34-40(3,4)50(37-26-14-7-15-27-37,38-28-16-8-17-29-38)48-33-21-19-31-44-46-42;1-20(2,3)25-26(18-12-6-4-7-13-18,19-14-8-5-9-15-19)24-17-11-10-16-22-23-21/h5-8,10-17,22-29H,9,18-21,30-34H2,1-4H3;4-9,12-15H,10-11,16-17H2,1-3H3. The molecule has 16 heteroatoms. The van der Waals surface area contributed by atoms with Gasteiger partial charge in [-0.25, -0.2) is 0 Å². The van der Waals surface area contributed by atoms with Crippen LogP contribution in [0.2, 0.25) is 10.1 Å². The molecule has 0 aliphatic carbocycles. The SMILES string of the molecule is CC(C)(C)O[Si](OCCCCN=[N+]=[N-])(c1ccccc1)c1ccccc1.CC(C)(CC(C)(C)[Si](OCCCCN=[N+]=[N-])(c1ccccc1)c1ccccc1)[Si](OCCCCCN=[N+]=[N-])(c1ccccc1)c1ccccc1. The van der Waals surface area contributed by atoms with Gasteiger partial charge in [-0.2, -0.15) is 0 Å². The van der Waals surface area contributed by atoms with Crippen LogP contribution in [0.3, 0.4) is 0 Å². The summed E-state index contributed by atoms with van der Waals surface area (Å²) >= 11 is 0. The van der Waals surface area contributed by atoms with Crippen molar-refractivity contribution in [2.24, 2.45) is 15.3 Å². The molecule has 0 aliphatic heterocycles. The molecular formula is C60H79N9O4Si3. The maximum atomic E-state index is 8.82. The fourth-order valence-electron chi connectivity index (χ4n) is 10.7. The third-order valence-electron chi connectivity index (χ3n) is 13.6. The largest absolute Gasteiger partial charge is 0.407 e. The van der Waals surface area contributed by atoms with Gasteiger partial charge in [-0.15, -0.1) is 0 Å². The van der Waals surface area contributed by atoms with Crippen LogP contribution in [-0.2, 0) is 17.7 Å². The summed E-state index contributed by atoms with van der Waals surface area (Å²) in [6.07, 6.45) is 6.72. The molecule has 76 heavy (non-hydrogen) atoms. The number of hydrogen-bond donors (Lipinski definition) is 0. The van der Waals surface area contributed by atoms with E-state index in [2.05, 4.69) is 224 Å². The third-order valence-corrected chi connectivity index (χ3v) is 27.3. The lowest BCUT2D eigenvalue weighted by atomic mass is 9.98. The lowest BCUT2D eigenvalue weighted by Gasteiger charge is -2.53. The molecule has 0 saturated heterocycles. The van der Waals surface area contributed by atoms with Crippen molar-refractivity contribution in [1.82, 2.24) is 0 Å². The highest BCUT2D eigenvalue weighted by Gasteiger charge is 2.60. The quantitative estimate of drug-likeness (QED) is 0.0143. The lowest BCUT2D eigenvalue weighted by molar-refractivity contribution is 0.0772. The highest BCUT2D eigenvalue weighted by Crippen LogP contribution is 2.54. The van der Waals surface area contributed by atoms with E-state index in [0.717, 1.165) is 61.7 Å². The van der Waals surface area contributed by atoms with E-state index >= 15 is 0 Å². The fraction of sp³-hybridized carbons (Fsp3) is 0.400. The van der Waals surface area contributed by atoms with Crippen molar-refractivity contribution in [3.8, 4) is 0 Å². The van der Waals surface area contributed by atoms with E-state index in [-0.39, 0.29) is 15.7 Å². The van der Waals surface area contributed by atoms with Crippen LogP contribution in [0.25, 0.3) is 31.3 Å². The Morgan fingerprint density at radius 3 is 0.908 bits per heavy atom. The summed E-state index contributed by atoms with van der Waals surface area (Å²) in [5, 5.41) is 17.7. The van der Waals surface area contributed by atoms with Gasteiger partial charge in [-0.05, 0) is 124 Å². The van der Waals surface area contributed by atoms with Gasteiger partial charge in [0.15, 0.2) is 0 Å². The van der Waals surface area contributed by atoms with Crippen LogP contribution in [-0.4, -0.2) is 70.3 Å². The van der Waals surface area contributed by atoms with Crippen LogP contribution >= 0.6 is 0 Å². The molecule has 0 amide bonds. The van der Waals surface area contributed by atoms with Crippen LogP contribution in [0.1, 0.15) is 99.8 Å². The number of azide groups is 3. The molecule has 6 rings (SSSR count). The van der Waals surface area contributed by atoms with Gasteiger partial charge in [0.25, 0.3) is 16.6 Å². The van der Waals surface area contributed by atoms with E-state index < -0.39 is 25.2 Å². The van der Waals surface area contributed by atoms with Gasteiger partial charge >= 0.3 is 8.56 Å². The Hall–Kier alpha value is -6.26. The van der Waals surface area contributed by atoms with E-state index in [4.69, 9.17) is 34.3 Å². The first-order chi connectivity index (χ1) is 36.7. The monoisotopic (exact) mass is 1070 g/mol. The van der Waals surface area contributed by atoms with Crippen molar-refractivity contribution in [2.45, 2.75) is 116 Å². The zero-order chi connectivity index (χ0) is 54.6. The van der Waals surface area contributed by atoms with E-state index in [1.54, 1.807) is 0 Å². The zero-order valence-corrected chi connectivity index (χ0v) is 48.9. The second kappa shape index (κ2) is 30.5. The Morgan fingerprint density at radius 1 is 0.355 bits per heavy atom. The van der Waals surface area contributed by atoms with Gasteiger partial charge in [0.05, 0.1) is 5.60 Å². The van der Waals surface area contributed by atoms with E-state index in [9.17, 15) is 0 Å². The minimum absolute atomic E-state index is 0.295. The Bertz CT molecular complexity index is 2620. The van der Waals surface area contributed by atoms with E-state index in [1.165, 1.54) is 20.7 Å². The van der Waals surface area contributed by atoms with Gasteiger partial charge < -0.3 is 17.7 Å². The number of nitrogens with zero attached hydrogens (tertiary/aromatic N) is 9. The number of hydrogen-bond acceptors (Lipinski definition) is 7. The van der Waals surface area contributed by atoms with Crippen molar-refractivity contribution in [3.05, 3.63) is 213 Å². The summed E-state index contributed by atoms with van der Waals surface area (Å²) in [5.41, 5.74) is 25.6. The van der Waals surface area contributed by atoms with E-state index in [1.807, 2.05) is 36.4 Å². The Kier molecular flexibility index (Phi) is 24.3. The topological polar surface area (TPSA) is 183 Å². The molecule has 0 spiro atoms. The molecule has 0 bridgehead atoms. The van der Waals surface area contributed by atoms with E-state index in [0.29, 0.717) is 39.5 Å². The third kappa shape index (κ3) is 16.4. The second-order valence-corrected chi connectivity index (χ2v) is 32.4. The van der Waals surface area contributed by atoms with Gasteiger partial charge in [-0.3, -0.25) is 0 Å². The first-order valence-electron chi connectivity index (χ1n) is 26.7. The Morgan fingerprint density at radius 2 is 0.618 bits per heavy atom. The van der Waals surface area contributed by atoms with Gasteiger partial charge in [0, 0.05) is 54.2 Å². The molecule has 0 aromatic heterocycles. The molecule has 6 aromatic carbocycles. The van der Waals surface area contributed by atoms with Crippen LogP contribution in [0.4, 0.5) is 0 Å². The smallest absolute Gasteiger partial charge is 0.407 e. The molecular weight excluding hydrogens is 995 g/mol. The summed E-state index contributed by atoms with van der Waals surface area (Å²) in [6.45, 7) is 19.1. The molecule has 13 nitrogen and oxygen atoms in total. The summed E-state index contributed by atoms with van der Waals surface area (Å²) in [5.74, 6) is 0. The highest BCUT2D eigenvalue weighted by molar-refractivity contribution is 7.01. The Balaban J connectivity index is 0.000000344. The molecule has 0 aliphatic rings. The maximum absolute atomic E-state index is 8.82. The zero-order valence-electron chi connectivity index (χ0n) is 45.9. The number of benzene rings is 6. The summed E-state index contributed by atoms with van der Waals surface area (Å²) < 4.78 is 28.1. The molecule has 0 fully saturated rings. The molecule has 0 heterocycles. The Labute approximate surface area is 455 Å². The average Bonchev–Trinajstić information content (AvgIpc) is 3.48. The van der Waals surface area contributed by atoms with Crippen LogP contribution in [0.15, 0.2) is 197 Å². The summed E-state index contributed by atoms with van der Waals surface area (Å²) in [6, 6.07) is 63.9. The van der Waals surface area contributed by atoms with Crippen LogP contribution in [0, 0.1) is 0 Å². The van der Waals surface area contributed by atoms with Gasteiger partial charge in [0.2, 0.25) is 0 Å². The van der Waals surface area contributed by atoms with Crippen molar-refractivity contribution < 1.29 is 17.7 Å². The van der Waals surface area contributed by atoms with Crippen molar-refractivity contribution >= 4 is 56.3 Å². The second-order valence-electron chi connectivity index (χ2n) is 21.2. The first kappa shape index (κ1) is 60.6. The predicted molar refractivity (Wildman–Crippen MR) is 319 cm³/mol. The molecule has 400 valence electrons. The average molecular weight is 1070 g/mol. The first-order valence-corrected chi connectivity index (χ1v) is 32.3. The summed E-state index contributed by atoms with van der Waals surface area (Å²) in [4.78, 5) is 8.65. The number of rotatable bonds is 30. The maximum Gasteiger partial charge on any atom is 0.407 e. The fourth-order valence-corrected chi connectivity index (χ4v) is 24.6. The highest BCUT2D eigenvalue weighted by atomic mass is 28.4. The number of unbranched alkanes of at least 4 members (excludes halogenated alkanes) is 4. The van der Waals surface area contributed by atoms with Gasteiger partial charge in [-0.1, -0.05) is 231 Å². The lowest BCUT2D eigenvalue weighted by Crippen LogP contribution is -2.71. The van der Waals surface area contributed by atoms with Crippen molar-refractivity contribution in [3.63, 3.8) is 0 Å². The van der Waals surface area contributed by atoms with Crippen molar-refractivity contribution in [1.29, 1.82) is 0 Å². The molecule has 0 unspecified atom stereocenters. The molecule has 0 atom stereocenters. The molecule has 0 radical (unpaired) electrons. The van der Waals surface area contributed by atoms with Crippen molar-refractivity contribution in [2.75, 3.05) is 39.5 Å². The molecule has 0 saturated carbocycles. The minimum Gasteiger partial charge on any atom is -0.407 e. The predicted octanol–water partition coefficient (Wildman–Crippen LogP) is 13.2.